The van der Waals surface area contributed by atoms with Gasteiger partial charge >= 0.3 is 12.6 Å². The van der Waals surface area contributed by atoms with Crippen LogP contribution in [-0.2, 0) is 24.2 Å². The molecule has 148 valence electrons. The normalized spacial score (nSPS) is 18.6. The number of nitrogens with zero attached hydrogens (tertiary/aromatic N) is 1. The lowest BCUT2D eigenvalue weighted by Crippen LogP contribution is -2.40. The standard InChI is InChI=1S/C17H19F2NO6S/c1-20(13-8-9-27(23,24)11-13)15(21)10-25-16(22)7-4-12-2-5-14(6-3-12)26-17(18)19/h2-7,13,17H,8-11H2,1H3. The minimum Gasteiger partial charge on any atom is -0.452 e. The molecule has 10 heteroatoms. The largest absolute Gasteiger partial charge is 0.452 e. The van der Waals surface area contributed by atoms with Crippen LogP contribution in [0, 0.1) is 0 Å². The van der Waals surface area contributed by atoms with E-state index in [-0.39, 0.29) is 17.3 Å². The number of halogens is 2. The van der Waals surface area contributed by atoms with Crippen molar-refractivity contribution in [2.75, 3.05) is 25.2 Å². The Labute approximate surface area is 155 Å². The van der Waals surface area contributed by atoms with Crippen molar-refractivity contribution in [1.29, 1.82) is 0 Å². The first-order chi connectivity index (χ1) is 12.7. The monoisotopic (exact) mass is 403 g/mol. The van der Waals surface area contributed by atoms with E-state index >= 15 is 0 Å². The maximum Gasteiger partial charge on any atom is 0.387 e. The molecule has 0 saturated carbocycles. The SMILES string of the molecule is CN(C(=O)COC(=O)C=Cc1ccc(OC(F)F)cc1)C1CCS(=O)(=O)C1. The highest BCUT2D eigenvalue weighted by molar-refractivity contribution is 7.91. The van der Waals surface area contributed by atoms with Crippen molar-refractivity contribution in [3.63, 3.8) is 0 Å². The van der Waals surface area contributed by atoms with Crippen LogP contribution in [0.1, 0.15) is 12.0 Å². The second-order valence-electron chi connectivity index (χ2n) is 5.95. The zero-order valence-electron chi connectivity index (χ0n) is 14.5. The van der Waals surface area contributed by atoms with Crippen LogP contribution in [0.15, 0.2) is 30.3 Å². The highest BCUT2D eigenvalue weighted by Gasteiger charge is 2.32. The molecule has 7 nitrogen and oxygen atoms in total. The molecule has 1 aliphatic heterocycles. The van der Waals surface area contributed by atoms with Gasteiger partial charge in [0.2, 0.25) is 0 Å². The van der Waals surface area contributed by atoms with E-state index in [1.165, 1.54) is 42.3 Å². The van der Waals surface area contributed by atoms with Crippen molar-refractivity contribution in [3.05, 3.63) is 35.9 Å². The molecule has 1 aromatic carbocycles. The van der Waals surface area contributed by atoms with Gasteiger partial charge in [0.25, 0.3) is 5.91 Å². The number of rotatable bonds is 7. The Hall–Kier alpha value is -2.49. The summed E-state index contributed by atoms with van der Waals surface area (Å²) in [6.45, 7) is -3.42. The summed E-state index contributed by atoms with van der Waals surface area (Å²) in [7, 11) is -1.65. The van der Waals surface area contributed by atoms with Gasteiger partial charge in [0.05, 0.1) is 11.5 Å². The lowest BCUT2D eigenvalue weighted by Gasteiger charge is -2.22. The zero-order chi connectivity index (χ0) is 20.0. The molecule has 1 saturated heterocycles. The van der Waals surface area contributed by atoms with Crippen LogP contribution in [0.2, 0.25) is 0 Å². The van der Waals surface area contributed by atoms with Crippen molar-refractivity contribution in [2.24, 2.45) is 0 Å². The fourth-order valence-corrected chi connectivity index (χ4v) is 4.27. The minimum atomic E-state index is -3.12. The Kier molecular flexibility index (Phi) is 6.89. The molecule has 1 fully saturated rings. The highest BCUT2D eigenvalue weighted by atomic mass is 32.2. The van der Waals surface area contributed by atoms with Gasteiger partial charge in [-0.05, 0) is 30.2 Å². The molecule has 0 N–H and O–H groups in total. The van der Waals surface area contributed by atoms with Gasteiger partial charge in [0, 0.05) is 19.2 Å². The first kappa shape index (κ1) is 20.8. The average Bonchev–Trinajstić information content (AvgIpc) is 2.97. The second-order valence-corrected chi connectivity index (χ2v) is 8.18. The quantitative estimate of drug-likeness (QED) is 0.506. The summed E-state index contributed by atoms with van der Waals surface area (Å²) >= 11 is 0. The third-order valence-corrected chi connectivity index (χ3v) is 5.75. The van der Waals surface area contributed by atoms with Crippen LogP contribution in [0.25, 0.3) is 6.08 Å². The third-order valence-electron chi connectivity index (χ3n) is 4.00. The van der Waals surface area contributed by atoms with E-state index in [0.29, 0.717) is 12.0 Å². The van der Waals surface area contributed by atoms with Crippen LogP contribution in [0.5, 0.6) is 5.75 Å². The maximum absolute atomic E-state index is 12.1. The Bertz CT molecular complexity index is 807. The van der Waals surface area contributed by atoms with Crippen molar-refractivity contribution in [3.8, 4) is 5.75 Å². The van der Waals surface area contributed by atoms with Crippen LogP contribution >= 0.6 is 0 Å². The Balaban J connectivity index is 1.79. The van der Waals surface area contributed by atoms with Crippen LogP contribution in [0.4, 0.5) is 8.78 Å². The predicted octanol–water partition coefficient (Wildman–Crippen LogP) is 1.49. The number of amides is 1. The lowest BCUT2D eigenvalue weighted by atomic mass is 10.2. The molecular formula is C17H19F2NO6S. The molecule has 1 unspecified atom stereocenters. The van der Waals surface area contributed by atoms with Crippen molar-refractivity contribution in [2.45, 2.75) is 19.1 Å². The molecule has 1 heterocycles. The minimum absolute atomic E-state index is 0.00714. The van der Waals surface area contributed by atoms with Crippen molar-refractivity contribution < 1.29 is 36.3 Å². The number of hydrogen-bond acceptors (Lipinski definition) is 6. The molecule has 0 radical (unpaired) electrons. The molecule has 27 heavy (non-hydrogen) atoms. The van der Waals surface area contributed by atoms with Gasteiger partial charge in [-0.2, -0.15) is 8.78 Å². The molecule has 0 spiro atoms. The third kappa shape index (κ3) is 6.63. The number of carbonyl (C=O) groups excluding carboxylic acids is 2. The summed E-state index contributed by atoms with van der Waals surface area (Å²) < 4.78 is 56.1. The number of sulfone groups is 1. The first-order valence-corrected chi connectivity index (χ1v) is 9.84. The van der Waals surface area contributed by atoms with Gasteiger partial charge in [0.15, 0.2) is 16.4 Å². The fraction of sp³-hybridized carbons (Fsp3) is 0.412. The zero-order valence-corrected chi connectivity index (χ0v) is 15.3. The van der Waals surface area contributed by atoms with E-state index in [4.69, 9.17) is 4.74 Å². The number of carbonyl (C=O) groups is 2. The summed E-state index contributed by atoms with van der Waals surface area (Å²) in [4.78, 5) is 25.0. The van der Waals surface area contributed by atoms with E-state index in [1.807, 2.05) is 0 Å². The number of alkyl halides is 2. The Morgan fingerprint density at radius 1 is 1.30 bits per heavy atom. The summed E-state index contributed by atoms with van der Waals surface area (Å²) in [5.41, 5.74) is 0.549. The van der Waals surface area contributed by atoms with Gasteiger partial charge < -0.3 is 14.4 Å². The molecule has 0 aromatic heterocycles. The van der Waals surface area contributed by atoms with E-state index in [1.54, 1.807) is 0 Å². The van der Waals surface area contributed by atoms with Gasteiger partial charge in [-0.3, -0.25) is 4.79 Å². The van der Waals surface area contributed by atoms with Crippen LogP contribution in [0.3, 0.4) is 0 Å². The number of esters is 1. The van der Waals surface area contributed by atoms with Gasteiger partial charge in [-0.1, -0.05) is 12.1 Å². The first-order valence-electron chi connectivity index (χ1n) is 8.02. The highest BCUT2D eigenvalue weighted by Crippen LogP contribution is 2.17. The molecule has 1 amide bonds. The topological polar surface area (TPSA) is 90.0 Å². The summed E-state index contributed by atoms with van der Waals surface area (Å²) in [5.74, 6) is -1.31. The van der Waals surface area contributed by atoms with E-state index < -0.39 is 41.0 Å². The molecule has 0 bridgehead atoms. The molecule has 1 aliphatic rings. The fourth-order valence-electron chi connectivity index (χ4n) is 2.49. The number of ether oxygens (including phenoxy) is 2. The van der Waals surface area contributed by atoms with Crippen LogP contribution in [-0.4, -0.2) is 63.0 Å². The second kappa shape index (κ2) is 8.94. The summed E-state index contributed by atoms with van der Waals surface area (Å²) in [5, 5.41) is 0. The Morgan fingerprint density at radius 2 is 1.96 bits per heavy atom. The number of likely N-dealkylation sites (N-methyl/N-ethyl adjacent to an activating group) is 1. The summed E-state index contributed by atoms with van der Waals surface area (Å²) in [6, 6.07) is 5.18. The number of hydrogen-bond donors (Lipinski definition) is 0. The molecule has 0 aliphatic carbocycles. The Morgan fingerprint density at radius 3 is 2.52 bits per heavy atom. The maximum atomic E-state index is 12.1. The van der Waals surface area contributed by atoms with E-state index in [9.17, 15) is 26.8 Å². The average molecular weight is 403 g/mol. The lowest BCUT2D eigenvalue weighted by molar-refractivity contribution is -0.148. The van der Waals surface area contributed by atoms with Crippen molar-refractivity contribution >= 4 is 27.8 Å². The van der Waals surface area contributed by atoms with Gasteiger partial charge in [-0.25, -0.2) is 13.2 Å². The molecule has 1 aromatic rings. The van der Waals surface area contributed by atoms with Crippen molar-refractivity contribution in [1.82, 2.24) is 4.90 Å². The summed E-state index contributed by atoms with van der Waals surface area (Å²) in [6.07, 6.45) is 2.85. The van der Waals surface area contributed by atoms with Gasteiger partial charge in [-0.15, -0.1) is 0 Å². The van der Waals surface area contributed by atoms with E-state index in [0.717, 1.165) is 6.08 Å². The molecule has 2 rings (SSSR count). The van der Waals surface area contributed by atoms with Crippen LogP contribution < -0.4 is 4.74 Å². The predicted molar refractivity (Wildman–Crippen MR) is 92.9 cm³/mol. The van der Waals surface area contributed by atoms with E-state index in [2.05, 4.69) is 4.74 Å². The molecule has 1 atom stereocenters. The number of benzene rings is 1. The van der Waals surface area contributed by atoms with Gasteiger partial charge in [0.1, 0.15) is 5.75 Å². The smallest absolute Gasteiger partial charge is 0.387 e. The molecular weight excluding hydrogens is 384 g/mol.